The monoisotopic (exact) mass is 288 g/mol. The molecule has 1 atom stereocenters. The van der Waals surface area contributed by atoms with Gasteiger partial charge >= 0.3 is 0 Å². The van der Waals surface area contributed by atoms with Crippen LogP contribution in [0.4, 0.5) is 8.78 Å². The number of allylic oxidation sites excluding steroid dienone is 1. The zero-order valence-corrected chi connectivity index (χ0v) is 12.4. The number of ketones is 1. The van der Waals surface area contributed by atoms with Crippen LogP contribution >= 0.6 is 11.8 Å². The van der Waals surface area contributed by atoms with E-state index < -0.39 is 6.08 Å². The molecule has 0 saturated heterocycles. The molecule has 1 unspecified atom stereocenters. The average Bonchev–Trinajstić information content (AvgIpc) is 2.59. The largest absolute Gasteiger partial charge is 0.313 e. The lowest BCUT2D eigenvalue weighted by molar-refractivity contribution is -0.119. The molecule has 0 aliphatic carbocycles. The van der Waals surface area contributed by atoms with Crippen molar-refractivity contribution in [2.75, 3.05) is 5.75 Å². The molecule has 0 amide bonds. The van der Waals surface area contributed by atoms with Gasteiger partial charge in [-0.2, -0.15) is 8.78 Å². The fraction of sp³-hybridized carbons (Fsp3) is 0.538. The van der Waals surface area contributed by atoms with Crippen molar-refractivity contribution in [1.82, 2.24) is 9.55 Å². The lowest BCUT2D eigenvalue weighted by Crippen LogP contribution is -2.15. The number of rotatable bonds is 6. The normalized spacial score (nSPS) is 12.3. The van der Waals surface area contributed by atoms with E-state index in [0.29, 0.717) is 10.9 Å². The molecule has 0 saturated carbocycles. The minimum Gasteiger partial charge on any atom is -0.313 e. The van der Waals surface area contributed by atoms with Crippen LogP contribution in [0.2, 0.25) is 0 Å². The highest BCUT2D eigenvalue weighted by Gasteiger charge is 2.19. The molecular weight excluding hydrogens is 270 g/mol. The highest BCUT2D eigenvalue weighted by atomic mass is 32.2. The van der Waals surface area contributed by atoms with Crippen molar-refractivity contribution in [3.63, 3.8) is 0 Å². The summed E-state index contributed by atoms with van der Waals surface area (Å²) in [7, 11) is 0. The third-order valence-electron chi connectivity index (χ3n) is 2.98. The van der Waals surface area contributed by atoms with Crippen molar-refractivity contribution < 1.29 is 13.6 Å². The number of aromatic nitrogens is 2. The first kappa shape index (κ1) is 15.9. The van der Waals surface area contributed by atoms with Gasteiger partial charge in [-0.3, -0.25) is 4.79 Å². The molecule has 1 rings (SSSR count). The molecule has 0 bridgehead atoms. The van der Waals surface area contributed by atoms with Gasteiger partial charge in [0.1, 0.15) is 0 Å². The van der Waals surface area contributed by atoms with Crippen LogP contribution in [0.5, 0.6) is 0 Å². The molecule has 0 N–H and O–H groups in total. The van der Waals surface area contributed by atoms with Gasteiger partial charge < -0.3 is 4.57 Å². The van der Waals surface area contributed by atoms with Crippen LogP contribution in [0, 0.1) is 13.8 Å². The van der Waals surface area contributed by atoms with Gasteiger partial charge in [0.25, 0.3) is 6.08 Å². The number of halogens is 2. The Morgan fingerprint density at radius 3 is 2.63 bits per heavy atom. The standard InChI is InChI=1S/C13H18F2N2OS/c1-8-9(2)17(10(3)11(4)18)13(16-8)19-7-5-6-12(14)15/h6,10H,5,7H2,1-4H3. The number of Topliss-reactive ketones (excluding diaryl/α,β-unsaturated/α-hetero) is 1. The Hall–Kier alpha value is -1.17. The Kier molecular flexibility index (Phi) is 5.72. The Morgan fingerprint density at radius 2 is 2.11 bits per heavy atom. The van der Waals surface area contributed by atoms with Gasteiger partial charge in [0.2, 0.25) is 0 Å². The molecule has 1 aromatic rings. The average molecular weight is 288 g/mol. The molecule has 3 nitrogen and oxygen atoms in total. The molecule has 0 aliphatic heterocycles. The maximum atomic E-state index is 11.9. The van der Waals surface area contributed by atoms with E-state index in [2.05, 4.69) is 4.98 Å². The highest BCUT2D eigenvalue weighted by Crippen LogP contribution is 2.26. The smallest absolute Gasteiger partial charge is 0.266 e. The molecule has 0 spiro atoms. The number of carbonyl (C=O) groups excluding carboxylic acids is 1. The molecule has 0 radical (unpaired) electrons. The fourth-order valence-electron chi connectivity index (χ4n) is 1.65. The van der Waals surface area contributed by atoms with Crippen molar-refractivity contribution in [1.29, 1.82) is 0 Å². The lowest BCUT2D eigenvalue weighted by Gasteiger charge is -2.15. The van der Waals surface area contributed by atoms with Crippen LogP contribution in [-0.2, 0) is 4.79 Å². The summed E-state index contributed by atoms with van der Waals surface area (Å²) in [6, 6.07) is -0.280. The second-order valence-corrected chi connectivity index (χ2v) is 5.41. The van der Waals surface area contributed by atoms with E-state index in [-0.39, 0.29) is 18.2 Å². The summed E-state index contributed by atoms with van der Waals surface area (Å²) >= 11 is 1.39. The summed E-state index contributed by atoms with van der Waals surface area (Å²) in [6.45, 7) is 7.15. The van der Waals surface area contributed by atoms with Gasteiger partial charge in [-0.15, -0.1) is 0 Å². The molecule has 0 aliphatic rings. The van der Waals surface area contributed by atoms with Gasteiger partial charge in [0.15, 0.2) is 10.9 Å². The maximum Gasteiger partial charge on any atom is 0.266 e. The number of imidazole rings is 1. The Morgan fingerprint density at radius 1 is 1.47 bits per heavy atom. The van der Waals surface area contributed by atoms with E-state index in [1.165, 1.54) is 18.7 Å². The quantitative estimate of drug-likeness (QED) is 0.588. The third-order valence-corrected chi connectivity index (χ3v) is 3.96. The number of nitrogens with zero attached hydrogens (tertiary/aromatic N) is 2. The summed E-state index contributed by atoms with van der Waals surface area (Å²) in [5.41, 5.74) is 1.81. The van der Waals surface area contributed by atoms with Gasteiger partial charge in [0, 0.05) is 11.4 Å². The van der Waals surface area contributed by atoms with Crippen LogP contribution < -0.4 is 0 Å². The van der Waals surface area contributed by atoms with Crippen LogP contribution in [-0.4, -0.2) is 21.1 Å². The van der Waals surface area contributed by atoms with Crippen molar-refractivity contribution in [3.8, 4) is 0 Å². The van der Waals surface area contributed by atoms with Crippen LogP contribution in [0.3, 0.4) is 0 Å². The lowest BCUT2D eigenvalue weighted by atomic mass is 10.2. The summed E-state index contributed by atoms with van der Waals surface area (Å²) in [4.78, 5) is 15.9. The summed E-state index contributed by atoms with van der Waals surface area (Å²) in [5, 5.41) is 0.713. The van der Waals surface area contributed by atoms with E-state index in [9.17, 15) is 13.6 Å². The van der Waals surface area contributed by atoms with Crippen molar-refractivity contribution >= 4 is 17.5 Å². The number of thioether (sulfide) groups is 1. The van der Waals surface area contributed by atoms with Crippen LogP contribution in [0.25, 0.3) is 0 Å². The minimum absolute atomic E-state index is 0.0528. The third kappa shape index (κ3) is 4.16. The SMILES string of the molecule is CC(=O)C(C)n1c(SCCC=C(F)F)nc(C)c1C. The molecule has 0 fully saturated rings. The van der Waals surface area contributed by atoms with Crippen molar-refractivity contribution in [3.05, 3.63) is 23.5 Å². The van der Waals surface area contributed by atoms with Gasteiger partial charge in [-0.25, -0.2) is 4.98 Å². The highest BCUT2D eigenvalue weighted by molar-refractivity contribution is 7.99. The maximum absolute atomic E-state index is 11.9. The predicted octanol–water partition coefficient (Wildman–Crippen LogP) is 3.91. The summed E-state index contributed by atoms with van der Waals surface area (Å²) < 4.78 is 25.7. The number of hydrogen-bond acceptors (Lipinski definition) is 3. The molecule has 106 valence electrons. The second-order valence-electron chi connectivity index (χ2n) is 4.35. The van der Waals surface area contributed by atoms with E-state index in [1.807, 2.05) is 25.3 Å². The van der Waals surface area contributed by atoms with E-state index >= 15 is 0 Å². The molecule has 1 aromatic heterocycles. The predicted molar refractivity (Wildman–Crippen MR) is 72.7 cm³/mol. The minimum atomic E-state index is -1.66. The molecular formula is C13H18F2N2OS. The van der Waals surface area contributed by atoms with E-state index in [1.54, 1.807) is 0 Å². The van der Waals surface area contributed by atoms with Crippen LogP contribution in [0.1, 0.15) is 37.7 Å². The summed E-state index contributed by atoms with van der Waals surface area (Å²) in [6.07, 6.45) is -0.478. The van der Waals surface area contributed by atoms with Gasteiger partial charge in [0.05, 0.1) is 11.7 Å². The van der Waals surface area contributed by atoms with Crippen molar-refractivity contribution in [2.24, 2.45) is 0 Å². The van der Waals surface area contributed by atoms with Gasteiger partial charge in [-0.05, 0) is 40.2 Å². The molecule has 1 heterocycles. The Balaban J connectivity index is 2.86. The number of hydrogen-bond donors (Lipinski definition) is 0. The van der Waals surface area contributed by atoms with Crippen molar-refractivity contribution in [2.45, 2.75) is 45.3 Å². The number of carbonyl (C=O) groups is 1. The molecule has 0 aromatic carbocycles. The second kappa shape index (κ2) is 6.84. The van der Waals surface area contributed by atoms with Crippen LogP contribution in [0.15, 0.2) is 17.3 Å². The first-order valence-electron chi connectivity index (χ1n) is 6.04. The number of aryl methyl sites for hydroxylation is 1. The van der Waals surface area contributed by atoms with Gasteiger partial charge in [-0.1, -0.05) is 11.8 Å². The zero-order valence-electron chi connectivity index (χ0n) is 11.5. The summed E-state index contributed by atoms with van der Waals surface area (Å²) in [5.74, 6) is 0.565. The Labute approximate surface area is 116 Å². The molecule has 6 heteroatoms. The first-order valence-corrected chi connectivity index (χ1v) is 7.03. The fourth-order valence-corrected chi connectivity index (χ4v) is 2.71. The molecule has 19 heavy (non-hydrogen) atoms. The van der Waals surface area contributed by atoms with E-state index in [4.69, 9.17) is 0 Å². The topological polar surface area (TPSA) is 34.9 Å². The zero-order chi connectivity index (χ0) is 14.6. The first-order chi connectivity index (χ1) is 8.84. The van der Waals surface area contributed by atoms with E-state index in [0.717, 1.165) is 17.5 Å². The Bertz CT molecular complexity index is 493.